The minimum atomic E-state index is -0.467. The summed E-state index contributed by atoms with van der Waals surface area (Å²) in [5.74, 6) is 1.55. The molecule has 1 aliphatic rings. The molecule has 1 saturated carbocycles. The molecular formula is C15H17Cl2N3O2. The molecule has 0 radical (unpaired) electrons. The average Bonchev–Trinajstić information content (AvgIpc) is 3.12. The normalized spacial score (nSPS) is 18.4. The fraction of sp³-hybridized carbons (Fsp3) is 0.467. The van der Waals surface area contributed by atoms with Gasteiger partial charge in [0.2, 0.25) is 0 Å². The maximum absolute atomic E-state index is 6.33. The van der Waals surface area contributed by atoms with Gasteiger partial charge in [-0.3, -0.25) is 0 Å². The standard InChI is InChI=1S/C15H17Cl2N3O2/c1-9(21-10-4-5-11(16)12(17)8-10)13-19-14(20-22-13)15(18)6-2-3-7-15/h4-5,8-9H,2-3,6-7,18H2,1H3. The zero-order valence-corrected chi connectivity index (χ0v) is 13.7. The van der Waals surface area contributed by atoms with Crippen molar-refractivity contribution in [3.8, 4) is 5.75 Å². The van der Waals surface area contributed by atoms with Crippen LogP contribution in [0.4, 0.5) is 0 Å². The van der Waals surface area contributed by atoms with Crippen molar-refractivity contribution in [3.05, 3.63) is 40.0 Å². The molecule has 118 valence electrons. The molecule has 1 atom stereocenters. The van der Waals surface area contributed by atoms with Gasteiger partial charge in [0.1, 0.15) is 5.75 Å². The van der Waals surface area contributed by atoms with Crippen LogP contribution < -0.4 is 10.5 Å². The maximum atomic E-state index is 6.33. The largest absolute Gasteiger partial charge is 0.481 e. The van der Waals surface area contributed by atoms with E-state index in [0.29, 0.717) is 27.5 Å². The molecule has 7 heteroatoms. The Bertz CT molecular complexity index is 669. The quantitative estimate of drug-likeness (QED) is 0.899. The van der Waals surface area contributed by atoms with E-state index in [2.05, 4.69) is 10.1 Å². The Kier molecular flexibility index (Phi) is 4.30. The number of nitrogens with zero attached hydrogens (tertiary/aromatic N) is 2. The molecule has 1 aromatic carbocycles. The van der Waals surface area contributed by atoms with Crippen molar-refractivity contribution in [2.24, 2.45) is 5.73 Å². The number of halogens is 2. The summed E-state index contributed by atoms with van der Waals surface area (Å²) in [6, 6.07) is 5.07. The molecule has 0 spiro atoms. The zero-order chi connectivity index (χ0) is 15.7. The predicted molar refractivity (Wildman–Crippen MR) is 84.1 cm³/mol. The Balaban J connectivity index is 1.73. The monoisotopic (exact) mass is 341 g/mol. The lowest BCUT2D eigenvalue weighted by molar-refractivity contribution is 0.175. The van der Waals surface area contributed by atoms with Gasteiger partial charge in [-0.15, -0.1) is 0 Å². The van der Waals surface area contributed by atoms with E-state index in [1.165, 1.54) is 0 Å². The Morgan fingerprint density at radius 2 is 2.00 bits per heavy atom. The highest BCUT2D eigenvalue weighted by molar-refractivity contribution is 6.42. The molecule has 0 amide bonds. The second-order valence-electron chi connectivity index (χ2n) is 5.66. The molecule has 1 unspecified atom stereocenters. The summed E-state index contributed by atoms with van der Waals surface area (Å²) < 4.78 is 11.1. The highest BCUT2D eigenvalue weighted by atomic mass is 35.5. The first-order valence-electron chi connectivity index (χ1n) is 7.23. The van der Waals surface area contributed by atoms with Gasteiger partial charge in [-0.25, -0.2) is 0 Å². The van der Waals surface area contributed by atoms with Gasteiger partial charge < -0.3 is 15.0 Å². The van der Waals surface area contributed by atoms with Gasteiger partial charge in [0.25, 0.3) is 5.89 Å². The van der Waals surface area contributed by atoms with Crippen molar-refractivity contribution in [1.29, 1.82) is 0 Å². The molecule has 2 N–H and O–H groups in total. The summed E-state index contributed by atoms with van der Waals surface area (Å²) in [5.41, 5.74) is 5.86. The smallest absolute Gasteiger partial charge is 0.267 e. The molecule has 5 nitrogen and oxygen atoms in total. The molecule has 1 aliphatic carbocycles. The summed E-state index contributed by atoms with van der Waals surface area (Å²) in [7, 11) is 0. The summed E-state index contributed by atoms with van der Waals surface area (Å²) in [5, 5.41) is 4.94. The van der Waals surface area contributed by atoms with Crippen LogP contribution in [0, 0.1) is 0 Å². The van der Waals surface area contributed by atoms with Crippen LogP contribution in [0.1, 0.15) is 50.4 Å². The SMILES string of the molecule is CC(Oc1ccc(Cl)c(Cl)c1)c1nc(C2(N)CCCC2)no1. The minimum absolute atomic E-state index is 0.400. The van der Waals surface area contributed by atoms with Gasteiger partial charge in [-0.2, -0.15) is 4.98 Å². The van der Waals surface area contributed by atoms with Gasteiger partial charge in [0.15, 0.2) is 11.9 Å². The Hall–Kier alpha value is -1.30. The molecule has 2 aromatic rings. The summed E-state index contributed by atoms with van der Waals surface area (Å²) in [4.78, 5) is 4.41. The van der Waals surface area contributed by atoms with Crippen LogP contribution in [-0.4, -0.2) is 10.1 Å². The third-order valence-corrected chi connectivity index (χ3v) is 4.67. The van der Waals surface area contributed by atoms with Crippen LogP contribution >= 0.6 is 23.2 Å². The van der Waals surface area contributed by atoms with Crippen LogP contribution in [0.25, 0.3) is 0 Å². The number of hydrogen-bond acceptors (Lipinski definition) is 5. The highest BCUT2D eigenvalue weighted by Crippen LogP contribution is 2.35. The fourth-order valence-corrected chi connectivity index (χ4v) is 2.92. The van der Waals surface area contributed by atoms with Gasteiger partial charge in [0, 0.05) is 6.07 Å². The van der Waals surface area contributed by atoms with Gasteiger partial charge in [-0.05, 0) is 31.9 Å². The third kappa shape index (κ3) is 3.07. The second-order valence-corrected chi connectivity index (χ2v) is 6.47. The van der Waals surface area contributed by atoms with E-state index in [1.807, 2.05) is 6.92 Å². The molecule has 0 bridgehead atoms. The van der Waals surface area contributed by atoms with E-state index in [9.17, 15) is 0 Å². The summed E-state index contributed by atoms with van der Waals surface area (Å²) in [6.07, 6.45) is 3.55. The number of benzene rings is 1. The second kappa shape index (κ2) is 6.07. The molecule has 22 heavy (non-hydrogen) atoms. The lowest BCUT2D eigenvalue weighted by Crippen LogP contribution is -2.34. The number of rotatable bonds is 4. The van der Waals surface area contributed by atoms with E-state index >= 15 is 0 Å². The molecule has 0 saturated heterocycles. The van der Waals surface area contributed by atoms with Crippen molar-refractivity contribution in [1.82, 2.24) is 10.1 Å². The summed E-state index contributed by atoms with van der Waals surface area (Å²) in [6.45, 7) is 1.83. The average molecular weight is 342 g/mol. The Morgan fingerprint density at radius 3 is 2.68 bits per heavy atom. The van der Waals surface area contributed by atoms with Crippen LogP contribution in [0.2, 0.25) is 10.0 Å². The highest BCUT2D eigenvalue weighted by Gasteiger charge is 2.36. The van der Waals surface area contributed by atoms with Crippen molar-refractivity contribution < 1.29 is 9.26 Å². The molecule has 3 rings (SSSR count). The van der Waals surface area contributed by atoms with Gasteiger partial charge in [0.05, 0.1) is 15.6 Å². The molecule has 1 aromatic heterocycles. The number of ether oxygens (including phenoxy) is 1. The van der Waals surface area contributed by atoms with Crippen LogP contribution in [0.5, 0.6) is 5.75 Å². The number of hydrogen-bond donors (Lipinski definition) is 1. The lowest BCUT2D eigenvalue weighted by Gasteiger charge is -2.17. The predicted octanol–water partition coefficient (Wildman–Crippen LogP) is 4.24. The topological polar surface area (TPSA) is 74.2 Å². The van der Waals surface area contributed by atoms with E-state index in [-0.39, 0.29) is 0 Å². The van der Waals surface area contributed by atoms with Crippen molar-refractivity contribution in [2.75, 3.05) is 0 Å². The van der Waals surface area contributed by atoms with Crippen molar-refractivity contribution in [3.63, 3.8) is 0 Å². The first-order valence-corrected chi connectivity index (χ1v) is 7.98. The molecule has 0 aliphatic heterocycles. The first kappa shape index (κ1) is 15.6. The fourth-order valence-electron chi connectivity index (χ4n) is 2.64. The van der Waals surface area contributed by atoms with Gasteiger partial charge >= 0.3 is 0 Å². The molecular weight excluding hydrogens is 325 g/mol. The summed E-state index contributed by atoms with van der Waals surface area (Å²) >= 11 is 11.9. The number of nitrogens with two attached hydrogens (primary N) is 1. The minimum Gasteiger partial charge on any atom is -0.481 e. The van der Waals surface area contributed by atoms with Crippen LogP contribution in [-0.2, 0) is 5.54 Å². The van der Waals surface area contributed by atoms with Crippen LogP contribution in [0.15, 0.2) is 22.7 Å². The van der Waals surface area contributed by atoms with E-state index < -0.39 is 11.6 Å². The van der Waals surface area contributed by atoms with Crippen molar-refractivity contribution >= 4 is 23.2 Å². The third-order valence-electron chi connectivity index (χ3n) is 3.93. The van der Waals surface area contributed by atoms with E-state index in [4.69, 9.17) is 38.2 Å². The lowest BCUT2D eigenvalue weighted by atomic mass is 9.99. The molecule has 1 fully saturated rings. The Labute approximate surface area is 138 Å². The molecule has 1 heterocycles. The van der Waals surface area contributed by atoms with Crippen molar-refractivity contribution in [2.45, 2.75) is 44.2 Å². The van der Waals surface area contributed by atoms with E-state index in [0.717, 1.165) is 25.7 Å². The number of aromatic nitrogens is 2. The Morgan fingerprint density at radius 1 is 1.27 bits per heavy atom. The zero-order valence-electron chi connectivity index (χ0n) is 12.2. The van der Waals surface area contributed by atoms with Crippen LogP contribution in [0.3, 0.4) is 0 Å². The maximum Gasteiger partial charge on any atom is 0.267 e. The van der Waals surface area contributed by atoms with Gasteiger partial charge in [-0.1, -0.05) is 41.2 Å². The van der Waals surface area contributed by atoms with E-state index in [1.54, 1.807) is 18.2 Å². The first-order chi connectivity index (χ1) is 10.5.